The summed E-state index contributed by atoms with van der Waals surface area (Å²) in [5, 5.41) is 8.16. The monoisotopic (exact) mass is 284 g/mol. The van der Waals surface area contributed by atoms with Crippen molar-refractivity contribution >= 4 is 15.9 Å². The van der Waals surface area contributed by atoms with Gasteiger partial charge in [0.15, 0.2) is 6.39 Å². The van der Waals surface area contributed by atoms with Gasteiger partial charge in [-0.3, -0.25) is 0 Å². The van der Waals surface area contributed by atoms with Crippen LogP contribution in [0.15, 0.2) is 17.0 Å². The van der Waals surface area contributed by atoms with E-state index in [-0.39, 0.29) is 4.83 Å². The predicted molar refractivity (Wildman–Crippen MR) is 62.3 cm³/mol. The van der Waals surface area contributed by atoms with Gasteiger partial charge in [-0.15, -0.1) is 5.10 Å². The first-order valence-electron chi connectivity index (χ1n) is 5.13. The second-order valence-electron chi connectivity index (χ2n) is 3.57. The molecular formula is C10H13BrN4O. The highest BCUT2D eigenvalue weighted by molar-refractivity contribution is 9.09. The molecule has 0 aliphatic heterocycles. The molecule has 2 aromatic heterocycles. The molecule has 2 rings (SSSR count). The first kappa shape index (κ1) is 11.3. The lowest BCUT2D eigenvalue weighted by atomic mass is 10.3. The standard InChI is InChI=1S/C10H13BrN4O/c1-3-8(11)10-5-15(14-13-10)4-9-7(2)16-6-12-9/h5-6,8H,3-4H2,1-2H3. The van der Waals surface area contributed by atoms with E-state index in [9.17, 15) is 0 Å². The summed E-state index contributed by atoms with van der Waals surface area (Å²) in [4.78, 5) is 4.38. The van der Waals surface area contributed by atoms with Crippen LogP contribution in [-0.4, -0.2) is 20.0 Å². The molecule has 0 aliphatic rings. The van der Waals surface area contributed by atoms with Crippen LogP contribution < -0.4 is 0 Å². The smallest absolute Gasteiger partial charge is 0.181 e. The van der Waals surface area contributed by atoms with Gasteiger partial charge in [0.25, 0.3) is 0 Å². The van der Waals surface area contributed by atoms with Crippen LogP contribution in [0.1, 0.15) is 35.3 Å². The van der Waals surface area contributed by atoms with Crippen LogP contribution in [0.25, 0.3) is 0 Å². The molecular weight excluding hydrogens is 272 g/mol. The van der Waals surface area contributed by atoms with Gasteiger partial charge in [0, 0.05) is 0 Å². The van der Waals surface area contributed by atoms with Crippen molar-refractivity contribution < 1.29 is 4.42 Å². The predicted octanol–water partition coefficient (Wildman–Crippen LogP) is 2.47. The van der Waals surface area contributed by atoms with Crippen LogP contribution in [0.5, 0.6) is 0 Å². The van der Waals surface area contributed by atoms with Gasteiger partial charge >= 0.3 is 0 Å². The van der Waals surface area contributed by atoms with Gasteiger partial charge in [-0.2, -0.15) is 0 Å². The van der Waals surface area contributed by atoms with E-state index >= 15 is 0 Å². The van der Waals surface area contributed by atoms with E-state index in [2.05, 4.69) is 38.1 Å². The highest BCUT2D eigenvalue weighted by Gasteiger charge is 2.11. The zero-order chi connectivity index (χ0) is 11.5. The largest absolute Gasteiger partial charge is 0.448 e. The number of hydrogen-bond acceptors (Lipinski definition) is 4. The van der Waals surface area contributed by atoms with Crippen molar-refractivity contribution in [2.24, 2.45) is 0 Å². The molecule has 0 aromatic carbocycles. The highest BCUT2D eigenvalue weighted by Crippen LogP contribution is 2.23. The third-order valence-corrected chi connectivity index (χ3v) is 3.51. The molecule has 5 nitrogen and oxygen atoms in total. The van der Waals surface area contributed by atoms with Crippen LogP contribution in [0.4, 0.5) is 0 Å². The Morgan fingerprint density at radius 3 is 3.00 bits per heavy atom. The lowest BCUT2D eigenvalue weighted by Crippen LogP contribution is -2.01. The Hall–Kier alpha value is -1.17. The summed E-state index contributed by atoms with van der Waals surface area (Å²) in [5.74, 6) is 0.822. The highest BCUT2D eigenvalue weighted by atomic mass is 79.9. The SMILES string of the molecule is CCC(Br)c1cn(Cc2ncoc2C)nn1. The number of hydrogen-bond donors (Lipinski definition) is 0. The molecule has 0 spiro atoms. The summed E-state index contributed by atoms with van der Waals surface area (Å²) in [6.07, 6.45) is 4.36. The first-order chi connectivity index (χ1) is 7.70. The minimum Gasteiger partial charge on any atom is -0.448 e. The minimum absolute atomic E-state index is 0.264. The maximum Gasteiger partial charge on any atom is 0.181 e. The molecule has 0 aliphatic carbocycles. The van der Waals surface area contributed by atoms with Gasteiger partial charge < -0.3 is 4.42 Å². The normalized spacial score (nSPS) is 12.9. The summed E-state index contributed by atoms with van der Waals surface area (Å²) < 4.78 is 6.90. The maximum atomic E-state index is 5.13. The Morgan fingerprint density at radius 2 is 2.38 bits per heavy atom. The van der Waals surface area contributed by atoms with Crippen molar-refractivity contribution in [2.75, 3.05) is 0 Å². The zero-order valence-corrected chi connectivity index (χ0v) is 10.8. The van der Waals surface area contributed by atoms with Crippen LogP contribution in [0, 0.1) is 6.92 Å². The molecule has 6 heteroatoms. The lowest BCUT2D eigenvalue weighted by molar-refractivity contribution is 0.521. The van der Waals surface area contributed by atoms with E-state index in [4.69, 9.17) is 4.42 Å². The van der Waals surface area contributed by atoms with Gasteiger partial charge in [0.1, 0.15) is 11.5 Å². The van der Waals surface area contributed by atoms with Gasteiger partial charge in [0.2, 0.25) is 0 Å². The Balaban J connectivity index is 2.11. The topological polar surface area (TPSA) is 56.7 Å². The molecule has 86 valence electrons. The van der Waals surface area contributed by atoms with Crippen molar-refractivity contribution in [1.29, 1.82) is 0 Å². The average Bonchev–Trinajstić information content (AvgIpc) is 2.89. The average molecular weight is 285 g/mol. The number of nitrogens with zero attached hydrogens (tertiary/aromatic N) is 4. The second kappa shape index (κ2) is 4.78. The van der Waals surface area contributed by atoms with Gasteiger partial charge in [-0.25, -0.2) is 9.67 Å². The summed E-state index contributed by atoms with van der Waals surface area (Å²) in [6, 6.07) is 0. The molecule has 0 amide bonds. The van der Waals surface area contributed by atoms with Crippen molar-refractivity contribution in [1.82, 2.24) is 20.0 Å². The number of aryl methyl sites for hydroxylation is 1. The zero-order valence-electron chi connectivity index (χ0n) is 9.22. The van der Waals surface area contributed by atoms with E-state index in [1.54, 1.807) is 4.68 Å². The van der Waals surface area contributed by atoms with Crippen LogP contribution in [-0.2, 0) is 6.54 Å². The number of aromatic nitrogens is 4. The number of alkyl halides is 1. The van der Waals surface area contributed by atoms with Gasteiger partial charge in [-0.1, -0.05) is 28.1 Å². The minimum atomic E-state index is 0.264. The van der Waals surface area contributed by atoms with Crippen molar-refractivity contribution in [2.45, 2.75) is 31.6 Å². The van der Waals surface area contributed by atoms with Crippen LogP contribution in [0.3, 0.4) is 0 Å². The van der Waals surface area contributed by atoms with Crippen molar-refractivity contribution in [3.8, 4) is 0 Å². The van der Waals surface area contributed by atoms with Crippen molar-refractivity contribution in [3.63, 3.8) is 0 Å². The lowest BCUT2D eigenvalue weighted by Gasteiger charge is -1.99. The molecule has 0 N–H and O–H groups in total. The van der Waals surface area contributed by atoms with Gasteiger partial charge in [0.05, 0.1) is 23.3 Å². The Labute approximate surface area is 102 Å². The third-order valence-electron chi connectivity index (χ3n) is 2.39. The molecule has 16 heavy (non-hydrogen) atoms. The molecule has 2 heterocycles. The fraction of sp³-hybridized carbons (Fsp3) is 0.500. The van der Waals surface area contributed by atoms with E-state index in [0.29, 0.717) is 6.54 Å². The molecule has 1 unspecified atom stereocenters. The third kappa shape index (κ3) is 2.32. The molecule has 2 aromatic rings. The number of oxazole rings is 1. The fourth-order valence-electron chi connectivity index (χ4n) is 1.38. The number of halogens is 1. The van der Waals surface area contributed by atoms with E-state index in [1.165, 1.54) is 6.39 Å². The summed E-state index contributed by atoms with van der Waals surface area (Å²) in [5.41, 5.74) is 1.84. The van der Waals surface area contributed by atoms with Gasteiger partial charge in [-0.05, 0) is 13.3 Å². The van der Waals surface area contributed by atoms with Crippen LogP contribution >= 0.6 is 15.9 Å². The Kier molecular flexibility index (Phi) is 3.38. The molecule has 0 saturated heterocycles. The van der Waals surface area contributed by atoms with Crippen LogP contribution in [0.2, 0.25) is 0 Å². The molecule has 0 radical (unpaired) electrons. The quantitative estimate of drug-likeness (QED) is 0.810. The van der Waals surface area contributed by atoms with Crippen molar-refractivity contribution in [3.05, 3.63) is 29.7 Å². The summed E-state index contributed by atoms with van der Waals surface area (Å²) >= 11 is 3.54. The summed E-state index contributed by atoms with van der Waals surface area (Å²) in [6.45, 7) is 4.58. The molecule has 0 saturated carbocycles. The Bertz CT molecular complexity index is 465. The molecule has 1 atom stereocenters. The first-order valence-corrected chi connectivity index (χ1v) is 6.05. The Morgan fingerprint density at radius 1 is 1.56 bits per heavy atom. The fourth-order valence-corrected chi connectivity index (χ4v) is 1.59. The second-order valence-corrected chi connectivity index (χ2v) is 4.68. The molecule has 0 fully saturated rings. The number of rotatable bonds is 4. The van der Waals surface area contributed by atoms with E-state index in [0.717, 1.165) is 23.6 Å². The maximum absolute atomic E-state index is 5.13. The van der Waals surface area contributed by atoms with E-state index < -0.39 is 0 Å². The molecule has 0 bridgehead atoms. The van der Waals surface area contributed by atoms with E-state index in [1.807, 2.05) is 13.1 Å². The summed E-state index contributed by atoms with van der Waals surface area (Å²) in [7, 11) is 0.